The van der Waals surface area contributed by atoms with Crippen molar-refractivity contribution < 1.29 is 24.6 Å². The lowest BCUT2D eigenvalue weighted by atomic mass is 9.97. The number of aliphatic carboxylic acids is 2. The monoisotopic (exact) mass is 312 g/mol. The van der Waals surface area contributed by atoms with E-state index in [1.165, 1.54) is 15.5 Å². The van der Waals surface area contributed by atoms with Gasteiger partial charge >= 0.3 is 11.9 Å². The van der Waals surface area contributed by atoms with Crippen molar-refractivity contribution in [3.63, 3.8) is 0 Å². The summed E-state index contributed by atoms with van der Waals surface area (Å²) in [4.78, 5) is 36.6. The highest BCUT2D eigenvalue weighted by atomic mass is 35.5. The second-order valence-corrected chi connectivity index (χ2v) is 6.20. The van der Waals surface area contributed by atoms with Gasteiger partial charge in [-0.05, 0) is 12.5 Å². The molecule has 8 heteroatoms. The number of carboxylic acids is 2. The molecule has 0 radical (unpaired) electrons. The molecule has 0 unspecified atom stereocenters. The van der Waals surface area contributed by atoms with E-state index in [4.69, 9.17) is 11.6 Å². The van der Waals surface area contributed by atoms with Crippen LogP contribution < -0.4 is 0 Å². The SMILES string of the molecule is Cn1cc(Cl)cc1C(=O)N1C[C@@]2(C(=O)O)C[C@@]2(C(=O)O)C1. The zero-order chi connectivity index (χ0) is 15.6. The summed E-state index contributed by atoms with van der Waals surface area (Å²) < 4.78 is 1.54. The Kier molecular flexibility index (Phi) is 2.66. The summed E-state index contributed by atoms with van der Waals surface area (Å²) in [7, 11) is 1.65. The summed E-state index contributed by atoms with van der Waals surface area (Å²) >= 11 is 5.83. The van der Waals surface area contributed by atoms with Gasteiger partial charge in [-0.15, -0.1) is 0 Å². The molecule has 7 nitrogen and oxygen atoms in total. The number of fused-ring (bicyclic) bond motifs is 1. The Bertz CT molecular complexity index is 656. The van der Waals surface area contributed by atoms with Gasteiger partial charge in [0.1, 0.15) is 16.5 Å². The average molecular weight is 313 g/mol. The van der Waals surface area contributed by atoms with Crippen LogP contribution in [0.3, 0.4) is 0 Å². The van der Waals surface area contributed by atoms with E-state index in [0.717, 1.165) is 0 Å². The lowest BCUT2D eigenvalue weighted by Crippen LogP contribution is -2.35. The van der Waals surface area contributed by atoms with Gasteiger partial charge in [0.25, 0.3) is 5.91 Å². The summed E-state index contributed by atoms with van der Waals surface area (Å²) in [5.41, 5.74) is -2.41. The maximum absolute atomic E-state index is 12.4. The largest absolute Gasteiger partial charge is 0.481 e. The first-order valence-corrected chi connectivity index (χ1v) is 6.69. The number of amides is 1. The van der Waals surface area contributed by atoms with E-state index in [2.05, 4.69) is 0 Å². The Morgan fingerprint density at radius 2 is 1.71 bits per heavy atom. The molecular weight excluding hydrogens is 300 g/mol. The highest BCUT2D eigenvalue weighted by molar-refractivity contribution is 6.31. The van der Waals surface area contributed by atoms with Crippen molar-refractivity contribution in [3.05, 3.63) is 23.0 Å². The van der Waals surface area contributed by atoms with Crippen molar-refractivity contribution in [2.24, 2.45) is 17.9 Å². The first-order valence-electron chi connectivity index (χ1n) is 6.31. The van der Waals surface area contributed by atoms with Gasteiger partial charge in [0.05, 0.1) is 5.02 Å². The van der Waals surface area contributed by atoms with Gasteiger partial charge in [0.15, 0.2) is 0 Å². The Hall–Kier alpha value is -2.02. The number of nitrogens with zero attached hydrogens (tertiary/aromatic N) is 2. The summed E-state index contributed by atoms with van der Waals surface area (Å²) in [6.45, 7) is -0.174. The van der Waals surface area contributed by atoms with E-state index in [-0.39, 0.29) is 19.5 Å². The molecule has 2 aliphatic rings. The van der Waals surface area contributed by atoms with Crippen molar-refractivity contribution >= 4 is 29.4 Å². The molecule has 2 heterocycles. The molecule has 2 fully saturated rings. The maximum Gasteiger partial charge on any atom is 0.312 e. The molecule has 1 aromatic rings. The maximum atomic E-state index is 12.4. The van der Waals surface area contributed by atoms with E-state index in [9.17, 15) is 24.6 Å². The molecule has 1 aliphatic heterocycles. The molecule has 0 spiro atoms. The molecule has 0 aromatic carbocycles. The number of hydrogen-bond donors (Lipinski definition) is 2. The molecule has 21 heavy (non-hydrogen) atoms. The molecule has 112 valence electrons. The van der Waals surface area contributed by atoms with Crippen molar-refractivity contribution in [1.29, 1.82) is 0 Å². The summed E-state index contributed by atoms with van der Waals surface area (Å²) in [5, 5.41) is 19.1. The number of halogens is 1. The first kappa shape index (κ1) is 13.9. The zero-order valence-electron chi connectivity index (χ0n) is 11.2. The summed E-state index contributed by atoms with van der Waals surface area (Å²) in [6, 6.07) is 1.48. The second kappa shape index (κ2) is 4.00. The van der Waals surface area contributed by atoms with E-state index in [0.29, 0.717) is 10.7 Å². The predicted octanol–water partition coefficient (Wildman–Crippen LogP) is 0.680. The number of aromatic nitrogens is 1. The fourth-order valence-electron chi connectivity index (χ4n) is 3.33. The molecule has 1 amide bonds. The smallest absolute Gasteiger partial charge is 0.312 e. The third kappa shape index (κ3) is 1.64. The van der Waals surface area contributed by atoms with Crippen LogP contribution in [0.2, 0.25) is 5.02 Å². The minimum absolute atomic E-state index is 0.0718. The topological polar surface area (TPSA) is 99.8 Å². The van der Waals surface area contributed by atoms with Gasteiger partial charge in [0, 0.05) is 26.3 Å². The number of aryl methyl sites for hydroxylation is 1. The van der Waals surface area contributed by atoms with Crippen LogP contribution >= 0.6 is 11.6 Å². The minimum Gasteiger partial charge on any atom is -0.481 e. The van der Waals surface area contributed by atoms with Gasteiger partial charge in [-0.1, -0.05) is 11.6 Å². The van der Waals surface area contributed by atoms with Crippen LogP contribution in [0.5, 0.6) is 0 Å². The van der Waals surface area contributed by atoms with Crippen molar-refractivity contribution in [2.75, 3.05) is 13.1 Å². The molecule has 1 saturated carbocycles. The molecule has 1 saturated heterocycles. The third-order valence-corrected chi connectivity index (χ3v) is 4.82. The van der Waals surface area contributed by atoms with Gasteiger partial charge in [-0.25, -0.2) is 0 Å². The molecule has 2 atom stereocenters. The number of carbonyl (C=O) groups is 3. The number of likely N-dealkylation sites (tertiary alicyclic amines) is 1. The Morgan fingerprint density at radius 3 is 2.10 bits per heavy atom. The third-order valence-electron chi connectivity index (χ3n) is 4.61. The number of hydrogen-bond acceptors (Lipinski definition) is 3. The van der Waals surface area contributed by atoms with Crippen LogP contribution in [0.25, 0.3) is 0 Å². The number of carboxylic acid groups (broad SMARTS) is 2. The fourth-order valence-corrected chi connectivity index (χ4v) is 3.58. The quantitative estimate of drug-likeness (QED) is 0.855. The van der Waals surface area contributed by atoms with Crippen LogP contribution in [0.4, 0.5) is 0 Å². The van der Waals surface area contributed by atoms with E-state index in [1.807, 2.05) is 0 Å². The number of carbonyl (C=O) groups excluding carboxylic acids is 1. The number of piperidine rings is 1. The normalized spacial score (nSPS) is 30.1. The second-order valence-electron chi connectivity index (χ2n) is 5.77. The van der Waals surface area contributed by atoms with Gasteiger partial charge in [-0.3, -0.25) is 14.4 Å². The van der Waals surface area contributed by atoms with Crippen LogP contribution in [-0.2, 0) is 16.6 Å². The Labute approximate surface area is 124 Å². The van der Waals surface area contributed by atoms with Crippen LogP contribution in [0.15, 0.2) is 12.3 Å². The Balaban J connectivity index is 1.91. The number of rotatable bonds is 3. The van der Waals surface area contributed by atoms with Gasteiger partial charge in [-0.2, -0.15) is 0 Å². The van der Waals surface area contributed by atoms with Crippen molar-refractivity contribution in [1.82, 2.24) is 9.47 Å². The molecule has 3 rings (SSSR count). The summed E-state index contributed by atoms with van der Waals surface area (Å²) in [5.74, 6) is -2.73. The highest BCUT2D eigenvalue weighted by Gasteiger charge is 2.81. The standard InChI is InChI=1S/C13H13ClN2O5/c1-15-3-7(14)2-8(15)9(17)16-5-12(10(18)19)4-13(12,6-16)11(20)21/h2-3H,4-6H2,1H3,(H,18,19)(H,20,21)/t12-,13+. The van der Waals surface area contributed by atoms with Crippen LogP contribution in [-0.4, -0.2) is 50.6 Å². The summed E-state index contributed by atoms with van der Waals surface area (Å²) in [6.07, 6.45) is 1.63. The van der Waals surface area contributed by atoms with Crippen molar-refractivity contribution in [2.45, 2.75) is 6.42 Å². The minimum atomic E-state index is -1.36. The lowest BCUT2D eigenvalue weighted by molar-refractivity contribution is -0.151. The van der Waals surface area contributed by atoms with Crippen LogP contribution in [0, 0.1) is 10.8 Å². The molecule has 1 aliphatic carbocycles. The highest BCUT2D eigenvalue weighted by Crippen LogP contribution is 2.68. The molecule has 0 bridgehead atoms. The average Bonchev–Trinajstić information content (AvgIpc) is 2.75. The van der Waals surface area contributed by atoms with Crippen LogP contribution in [0.1, 0.15) is 16.9 Å². The van der Waals surface area contributed by atoms with Gasteiger partial charge < -0.3 is 19.7 Å². The Morgan fingerprint density at radius 1 is 1.19 bits per heavy atom. The fraction of sp³-hybridized carbons (Fsp3) is 0.462. The van der Waals surface area contributed by atoms with Gasteiger partial charge in [0.2, 0.25) is 0 Å². The van der Waals surface area contributed by atoms with E-state index in [1.54, 1.807) is 13.2 Å². The van der Waals surface area contributed by atoms with E-state index >= 15 is 0 Å². The van der Waals surface area contributed by atoms with Crippen molar-refractivity contribution in [3.8, 4) is 0 Å². The van der Waals surface area contributed by atoms with E-state index < -0.39 is 28.7 Å². The predicted molar refractivity (Wildman–Crippen MR) is 71.1 cm³/mol. The molecule has 1 aromatic heterocycles. The molecular formula is C13H13ClN2O5. The lowest BCUT2D eigenvalue weighted by Gasteiger charge is -2.20. The zero-order valence-corrected chi connectivity index (χ0v) is 11.9. The first-order chi connectivity index (χ1) is 9.73. The molecule has 2 N–H and O–H groups in total.